The Hall–Kier alpha value is -1.44. The molecular weight excluding hydrogens is 350 g/mol. The molecular formula is C19H31N3O3S. The van der Waals surface area contributed by atoms with Crippen LogP contribution in [0.2, 0.25) is 0 Å². The van der Waals surface area contributed by atoms with Gasteiger partial charge in [-0.05, 0) is 58.2 Å². The van der Waals surface area contributed by atoms with Crippen molar-refractivity contribution in [3.8, 4) is 0 Å². The summed E-state index contributed by atoms with van der Waals surface area (Å²) < 4.78 is 27.2. The molecule has 2 rings (SSSR count). The fourth-order valence-electron chi connectivity index (χ4n) is 3.48. The summed E-state index contributed by atoms with van der Waals surface area (Å²) in [4.78, 5) is 12.6. The summed E-state index contributed by atoms with van der Waals surface area (Å²) in [5, 5.41) is 2.91. The molecule has 0 aliphatic heterocycles. The van der Waals surface area contributed by atoms with Gasteiger partial charge in [0, 0.05) is 16.8 Å². The van der Waals surface area contributed by atoms with Gasteiger partial charge in [0.15, 0.2) is 0 Å². The zero-order chi connectivity index (χ0) is 19.6. The molecule has 0 spiro atoms. The lowest BCUT2D eigenvalue weighted by Gasteiger charge is -2.37. The third-order valence-electron chi connectivity index (χ3n) is 4.58. The topological polar surface area (TPSA) is 101 Å². The number of anilines is 1. The molecule has 6 nitrogen and oxygen atoms in total. The van der Waals surface area contributed by atoms with Gasteiger partial charge in [-0.3, -0.25) is 4.79 Å². The highest BCUT2D eigenvalue weighted by Gasteiger charge is 2.37. The number of carbonyl (C=O) groups is 1. The third-order valence-corrected chi connectivity index (χ3v) is 6.22. The van der Waals surface area contributed by atoms with E-state index in [-0.39, 0.29) is 17.6 Å². The van der Waals surface area contributed by atoms with Crippen LogP contribution in [0, 0.1) is 5.92 Å². The number of amides is 1. The summed E-state index contributed by atoms with van der Waals surface area (Å²) in [5.41, 5.74) is 6.49. The van der Waals surface area contributed by atoms with Crippen LogP contribution in [0.3, 0.4) is 0 Å². The van der Waals surface area contributed by atoms with Crippen LogP contribution in [0.4, 0.5) is 5.69 Å². The second kappa shape index (κ2) is 7.66. The first-order valence-corrected chi connectivity index (χ1v) is 10.7. The highest BCUT2D eigenvalue weighted by atomic mass is 32.2. The van der Waals surface area contributed by atoms with Crippen LogP contribution >= 0.6 is 0 Å². The van der Waals surface area contributed by atoms with Crippen LogP contribution in [-0.2, 0) is 20.6 Å². The van der Waals surface area contributed by atoms with E-state index in [1.165, 1.54) is 0 Å². The molecule has 26 heavy (non-hydrogen) atoms. The lowest BCUT2D eigenvalue weighted by atomic mass is 9.74. The molecule has 0 aromatic heterocycles. The van der Waals surface area contributed by atoms with Gasteiger partial charge < -0.3 is 11.1 Å². The van der Waals surface area contributed by atoms with Gasteiger partial charge in [-0.2, -0.15) is 0 Å². The molecule has 1 aromatic rings. The van der Waals surface area contributed by atoms with Gasteiger partial charge in [0.2, 0.25) is 15.9 Å². The molecule has 1 fully saturated rings. The number of sulfonamides is 1. The van der Waals surface area contributed by atoms with Crippen molar-refractivity contribution in [2.24, 2.45) is 11.7 Å². The molecule has 4 N–H and O–H groups in total. The number of rotatable bonds is 5. The quantitative estimate of drug-likeness (QED) is 0.730. The SMILES string of the molecule is CC(C)(C)NS(=O)(=O)Cc1cccc(NC(=O)C2CCCCC2(C)N)c1. The summed E-state index contributed by atoms with van der Waals surface area (Å²) in [5.74, 6) is -0.458. The molecule has 2 atom stereocenters. The minimum absolute atomic E-state index is 0.0949. The highest BCUT2D eigenvalue weighted by Crippen LogP contribution is 2.32. The fourth-order valence-corrected chi connectivity index (χ4v) is 5.10. The zero-order valence-electron chi connectivity index (χ0n) is 16.1. The number of nitrogens with one attached hydrogen (secondary N) is 2. The Kier molecular flexibility index (Phi) is 6.15. The second-order valence-corrected chi connectivity index (χ2v) is 10.3. The monoisotopic (exact) mass is 381 g/mol. The van der Waals surface area contributed by atoms with Crippen LogP contribution in [-0.4, -0.2) is 25.4 Å². The Balaban J connectivity index is 2.08. The molecule has 1 aliphatic rings. The van der Waals surface area contributed by atoms with Crippen molar-refractivity contribution in [1.29, 1.82) is 0 Å². The predicted octanol–water partition coefficient (Wildman–Crippen LogP) is 2.75. The van der Waals surface area contributed by atoms with Gasteiger partial charge in [-0.15, -0.1) is 0 Å². The molecule has 7 heteroatoms. The molecule has 0 radical (unpaired) electrons. The van der Waals surface area contributed by atoms with Crippen molar-refractivity contribution in [1.82, 2.24) is 4.72 Å². The van der Waals surface area contributed by atoms with Gasteiger partial charge in [0.1, 0.15) is 0 Å². The maximum absolute atomic E-state index is 12.6. The Morgan fingerprint density at radius 3 is 2.62 bits per heavy atom. The van der Waals surface area contributed by atoms with Gasteiger partial charge in [-0.1, -0.05) is 25.0 Å². The zero-order valence-corrected chi connectivity index (χ0v) is 16.9. The number of hydrogen-bond acceptors (Lipinski definition) is 4. The molecule has 0 heterocycles. The number of carbonyl (C=O) groups excluding carboxylic acids is 1. The van der Waals surface area contributed by atoms with E-state index in [0.29, 0.717) is 11.3 Å². The van der Waals surface area contributed by atoms with Crippen molar-refractivity contribution < 1.29 is 13.2 Å². The summed E-state index contributed by atoms with van der Waals surface area (Å²) in [7, 11) is -3.46. The van der Waals surface area contributed by atoms with E-state index in [2.05, 4.69) is 10.0 Å². The first-order chi connectivity index (χ1) is 11.9. The smallest absolute Gasteiger partial charge is 0.229 e. The Morgan fingerprint density at radius 1 is 1.31 bits per heavy atom. The second-order valence-electron chi connectivity index (χ2n) is 8.60. The first kappa shape index (κ1) is 20.9. The molecule has 146 valence electrons. The molecule has 0 bridgehead atoms. The largest absolute Gasteiger partial charge is 0.326 e. The lowest BCUT2D eigenvalue weighted by Crippen LogP contribution is -2.51. The van der Waals surface area contributed by atoms with E-state index in [4.69, 9.17) is 5.73 Å². The van der Waals surface area contributed by atoms with Crippen LogP contribution in [0.15, 0.2) is 24.3 Å². The van der Waals surface area contributed by atoms with Gasteiger partial charge in [-0.25, -0.2) is 13.1 Å². The summed E-state index contributed by atoms with van der Waals surface area (Å²) >= 11 is 0. The number of benzene rings is 1. The van der Waals surface area contributed by atoms with Crippen LogP contribution < -0.4 is 15.8 Å². The van der Waals surface area contributed by atoms with E-state index in [1.807, 2.05) is 6.92 Å². The average molecular weight is 382 g/mol. The molecule has 1 aromatic carbocycles. The Bertz CT molecular complexity index is 752. The lowest BCUT2D eigenvalue weighted by molar-refractivity contribution is -0.122. The van der Waals surface area contributed by atoms with Crippen molar-refractivity contribution in [2.45, 2.75) is 70.2 Å². The summed E-state index contributed by atoms with van der Waals surface area (Å²) in [6.07, 6.45) is 3.66. The van der Waals surface area contributed by atoms with Crippen molar-refractivity contribution in [3.05, 3.63) is 29.8 Å². The Labute approximate surface area is 157 Å². The molecule has 1 aliphatic carbocycles. The van der Waals surface area contributed by atoms with Crippen LogP contribution in [0.1, 0.15) is 58.9 Å². The summed E-state index contributed by atoms with van der Waals surface area (Å²) in [6, 6.07) is 6.96. The van der Waals surface area contributed by atoms with Crippen molar-refractivity contribution in [2.75, 3.05) is 5.32 Å². The minimum Gasteiger partial charge on any atom is -0.326 e. The molecule has 2 unspecified atom stereocenters. The third kappa shape index (κ3) is 6.07. The van der Waals surface area contributed by atoms with Crippen LogP contribution in [0.5, 0.6) is 0 Å². The minimum atomic E-state index is -3.46. The molecule has 1 saturated carbocycles. The number of nitrogens with two attached hydrogens (primary N) is 1. The van der Waals surface area contributed by atoms with Gasteiger partial charge in [0.05, 0.1) is 11.7 Å². The van der Waals surface area contributed by atoms with E-state index >= 15 is 0 Å². The fraction of sp³-hybridized carbons (Fsp3) is 0.632. The molecule has 1 amide bonds. The number of hydrogen-bond donors (Lipinski definition) is 3. The highest BCUT2D eigenvalue weighted by molar-refractivity contribution is 7.88. The van der Waals surface area contributed by atoms with Gasteiger partial charge >= 0.3 is 0 Å². The average Bonchev–Trinajstić information content (AvgIpc) is 2.43. The van der Waals surface area contributed by atoms with Crippen LogP contribution in [0.25, 0.3) is 0 Å². The molecule has 0 saturated heterocycles. The standard InChI is InChI=1S/C19H31N3O3S/c1-18(2,3)22-26(24,25)13-14-8-7-9-15(12-14)21-17(23)16-10-5-6-11-19(16,4)20/h7-9,12,16,22H,5-6,10-11,13,20H2,1-4H3,(H,21,23). The van der Waals surface area contributed by atoms with Gasteiger partial charge in [0.25, 0.3) is 0 Å². The first-order valence-electron chi connectivity index (χ1n) is 9.08. The maximum atomic E-state index is 12.6. The predicted molar refractivity (Wildman–Crippen MR) is 105 cm³/mol. The van der Waals surface area contributed by atoms with Crippen molar-refractivity contribution >= 4 is 21.6 Å². The maximum Gasteiger partial charge on any atom is 0.229 e. The van der Waals surface area contributed by atoms with E-state index in [9.17, 15) is 13.2 Å². The summed E-state index contributed by atoms with van der Waals surface area (Å²) in [6.45, 7) is 7.33. The normalized spacial score (nSPS) is 24.3. The Morgan fingerprint density at radius 2 is 2.00 bits per heavy atom. The van der Waals surface area contributed by atoms with E-state index in [0.717, 1.165) is 25.7 Å². The van der Waals surface area contributed by atoms with E-state index in [1.54, 1.807) is 45.0 Å². The van der Waals surface area contributed by atoms with E-state index < -0.39 is 21.1 Å². The van der Waals surface area contributed by atoms with Crippen molar-refractivity contribution in [3.63, 3.8) is 0 Å².